The van der Waals surface area contributed by atoms with Gasteiger partial charge in [0.2, 0.25) is 5.88 Å². The number of fused-ring (bicyclic) bond motifs is 3. The predicted molar refractivity (Wildman–Crippen MR) is 122 cm³/mol. The van der Waals surface area contributed by atoms with Crippen molar-refractivity contribution in [3.8, 4) is 17.0 Å². The van der Waals surface area contributed by atoms with Gasteiger partial charge in [0.1, 0.15) is 6.61 Å². The molecule has 1 N–H and O–H groups in total. The highest BCUT2D eigenvalue weighted by Crippen LogP contribution is 2.44. The number of amides is 1. The highest BCUT2D eigenvalue weighted by Gasteiger charge is 2.28. The molecule has 0 aliphatic heterocycles. The zero-order valence-corrected chi connectivity index (χ0v) is 17.8. The van der Waals surface area contributed by atoms with E-state index in [1.165, 1.54) is 22.3 Å². The molecule has 0 spiro atoms. The van der Waals surface area contributed by atoms with Crippen LogP contribution < -0.4 is 10.1 Å². The van der Waals surface area contributed by atoms with E-state index in [4.69, 9.17) is 9.47 Å². The number of nitrogens with one attached hydrogen (secondary N) is 1. The molecular formula is C26H26N2O3. The van der Waals surface area contributed by atoms with E-state index >= 15 is 0 Å². The smallest absolute Gasteiger partial charge is 0.407 e. The number of ether oxygens (including phenoxy) is 2. The Kier molecular flexibility index (Phi) is 6.32. The van der Waals surface area contributed by atoms with Crippen molar-refractivity contribution in [2.24, 2.45) is 0 Å². The minimum atomic E-state index is -0.391. The Hall–Kier alpha value is -3.60. The summed E-state index contributed by atoms with van der Waals surface area (Å²) in [6.07, 6.45) is 6.11. The summed E-state index contributed by atoms with van der Waals surface area (Å²) >= 11 is 0. The van der Waals surface area contributed by atoms with Gasteiger partial charge in [0.05, 0.1) is 7.11 Å². The molecule has 1 heterocycles. The van der Waals surface area contributed by atoms with Gasteiger partial charge in [-0.2, -0.15) is 0 Å². The van der Waals surface area contributed by atoms with Crippen LogP contribution in [0.4, 0.5) is 4.79 Å². The molecular weight excluding hydrogens is 388 g/mol. The van der Waals surface area contributed by atoms with Crippen LogP contribution in [0.5, 0.6) is 5.88 Å². The standard InChI is InChI=1S/C26H26N2O3/c1-18-15-25(30-2)28-16-19(18)9-7-8-14-27-26(29)31-17-24-22-12-5-3-10-20(22)21-11-4-6-13-23(21)24/h3-7,9-13,15-16,24H,8,14,17H2,1-2H3,(H,27,29). The molecule has 1 amide bonds. The molecule has 158 valence electrons. The van der Waals surface area contributed by atoms with E-state index in [0.717, 1.165) is 11.1 Å². The lowest BCUT2D eigenvalue weighted by Crippen LogP contribution is -2.26. The monoisotopic (exact) mass is 414 g/mol. The Labute approximate surface area is 182 Å². The predicted octanol–water partition coefficient (Wildman–Crippen LogP) is 5.34. The Morgan fingerprint density at radius 1 is 1.10 bits per heavy atom. The van der Waals surface area contributed by atoms with Crippen LogP contribution in [0.2, 0.25) is 0 Å². The summed E-state index contributed by atoms with van der Waals surface area (Å²) in [4.78, 5) is 16.4. The van der Waals surface area contributed by atoms with Crippen molar-refractivity contribution >= 4 is 12.2 Å². The molecule has 0 saturated carbocycles. The SMILES string of the molecule is COc1cc(C)c(C=CCCNC(=O)OCC2c3ccccc3-c3ccccc32)cn1. The molecule has 4 rings (SSSR count). The van der Waals surface area contributed by atoms with Crippen LogP contribution in [0, 0.1) is 6.92 Å². The number of carbonyl (C=O) groups excluding carboxylic acids is 1. The zero-order chi connectivity index (χ0) is 21.6. The molecule has 5 nitrogen and oxygen atoms in total. The molecule has 31 heavy (non-hydrogen) atoms. The number of hydrogen-bond donors (Lipinski definition) is 1. The summed E-state index contributed by atoms with van der Waals surface area (Å²) in [6.45, 7) is 2.85. The van der Waals surface area contributed by atoms with Gasteiger partial charge in [0, 0.05) is 24.7 Å². The van der Waals surface area contributed by atoms with Gasteiger partial charge in [-0.05, 0) is 46.7 Å². The van der Waals surface area contributed by atoms with E-state index in [1.54, 1.807) is 13.3 Å². The number of pyridine rings is 1. The van der Waals surface area contributed by atoms with Gasteiger partial charge < -0.3 is 14.8 Å². The van der Waals surface area contributed by atoms with Crippen LogP contribution in [0.15, 0.2) is 66.9 Å². The van der Waals surface area contributed by atoms with Gasteiger partial charge in [-0.25, -0.2) is 9.78 Å². The number of hydrogen-bond acceptors (Lipinski definition) is 4. The summed E-state index contributed by atoms with van der Waals surface area (Å²) in [5.74, 6) is 0.676. The van der Waals surface area contributed by atoms with Crippen LogP contribution in [0.1, 0.15) is 34.6 Å². The number of nitrogens with zero attached hydrogens (tertiary/aromatic N) is 1. The minimum Gasteiger partial charge on any atom is -0.481 e. The van der Waals surface area contributed by atoms with Crippen molar-refractivity contribution in [2.45, 2.75) is 19.3 Å². The van der Waals surface area contributed by atoms with Gasteiger partial charge in [-0.1, -0.05) is 60.7 Å². The van der Waals surface area contributed by atoms with E-state index in [2.05, 4.69) is 34.6 Å². The fraction of sp³-hybridized carbons (Fsp3) is 0.231. The van der Waals surface area contributed by atoms with Crippen LogP contribution in [-0.2, 0) is 4.74 Å². The topological polar surface area (TPSA) is 60.5 Å². The maximum absolute atomic E-state index is 12.2. The van der Waals surface area contributed by atoms with Crippen molar-refractivity contribution in [3.05, 3.63) is 89.1 Å². The summed E-state index contributed by atoms with van der Waals surface area (Å²) in [5, 5.41) is 2.83. The van der Waals surface area contributed by atoms with Crippen molar-refractivity contribution in [1.29, 1.82) is 0 Å². The van der Waals surface area contributed by atoms with Crippen molar-refractivity contribution in [1.82, 2.24) is 10.3 Å². The van der Waals surface area contributed by atoms with E-state index in [0.29, 0.717) is 25.5 Å². The van der Waals surface area contributed by atoms with Gasteiger partial charge in [-0.15, -0.1) is 0 Å². The van der Waals surface area contributed by atoms with E-state index in [9.17, 15) is 4.79 Å². The summed E-state index contributed by atoms with van der Waals surface area (Å²) < 4.78 is 10.7. The van der Waals surface area contributed by atoms with E-state index in [1.807, 2.05) is 49.4 Å². The molecule has 1 aromatic heterocycles. The fourth-order valence-electron chi connectivity index (χ4n) is 3.94. The number of methoxy groups -OCH3 is 1. The summed E-state index contributed by atoms with van der Waals surface area (Å²) in [6, 6.07) is 18.5. The fourth-order valence-corrected chi connectivity index (χ4v) is 3.94. The Bertz CT molecular complexity index is 1060. The van der Waals surface area contributed by atoms with Gasteiger partial charge in [0.15, 0.2) is 0 Å². The maximum Gasteiger partial charge on any atom is 0.407 e. The molecule has 0 fully saturated rings. The molecule has 0 bridgehead atoms. The average molecular weight is 415 g/mol. The highest BCUT2D eigenvalue weighted by atomic mass is 16.5. The van der Waals surface area contributed by atoms with Crippen LogP contribution in [0.25, 0.3) is 17.2 Å². The zero-order valence-electron chi connectivity index (χ0n) is 17.8. The quantitative estimate of drug-likeness (QED) is 0.530. The van der Waals surface area contributed by atoms with Crippen LogP contribution >= 0.6 is 0 Å². The van der Waals surface area contributed by atoms with Gasteiger partial charge in [-0.3, -0.25) is 0 Å². The maximum atomic E-state index is 12.2. The number of carbonyl (C=O) groups is 1. The molecule has 3 aromatic rings. The molecule has 1 aliphatic rings. The van der Waals surface area contributed by atoms with Crippen molar-refractivity contribution < 1.29 is 14.3 Å². The van der Waals surface area contributed by atoms with E-state index in [-0.39, 0.29) is 5.92 Å². The van der Waals surface area contributed by atoms with E-state index < -0.39 is 6.09 Å². The van der Waals surface area contributed by atoms with Crippen molar-refractivity contribution in [3.63, 3.8) is 0 Å². The van der Waals surface area contributed by atoms with Gasteiger partial charge in [0.25, 0.3) is 0 Å². The number of alkyl carbamates (subject to hydrolysis) is 1. The molecule has 1 aliphatic carbocycles. The number of rotatable bonds is 7. The third-order valence-electron chi connectivity index (χ3n) is 5.56. The van der Waals surface area contributed by atoms with Crippen molar-refractivity contribution in [2.75, 3.05) is 20.3 Å². The molecule has 0 unspecified atom stereocenters. The molecule has 0 saturated heterocycles. The lowest BCUT2D eigenvalue weighted by Gasteiger charge is -2.14. The largest absolute Gasteiger partial charge is 0.481 e. The third-order valence-corrected chi connectivity index (χ3v) is 5.56. The minimum absolute atomic E-state index is 0.0728. The molecule has 5 heteroatoms. The van der Waals surface area contributed by atoms with Crippen LogP contribution in [-0.4, -0.2) is 31.3 Å². The third kappa shape index (κ3) is 4.61. The number of aryl methyl sites for hydroxylation is 1. The molecule has 2 aromatic carbocycles. The second-order valence-electron chi connectivity index (χ2n) is 7.53. The number of benzene rings is 2. The van der Waals surface area contributed by atoms with Gasteiger partial charge >= 0.3 is 6.09 Å². The Balaban J connectivity index is 1.27. The first-order valence-corrected chi connectivity index (χ1v) is 10.4. The lowest BCUT2D eigenvalue weighted by molar-refractivity contribution is 0.143. The van der Waals surface area contributed by atoms with Crippen LogP contribution in [0.3, 0.4) is 0 Å². The lowest BCUT2D eigenvalue weighted by atomic mass is 9.98. The average Bonchev–Trinajstić information content (AvgIpc) is 3.12. The first kappa shape index (κ1) is 20.7. The molecule has 0 atom stereocenters. The first-order valence-electron chi connectivity index (χ1n) is 10.4. The second-order valence-corrected chi connectivity index (χ2v) is 7.53. The highest BCUT2D eigenvalue weighted by molar-refractivity contribution is 5.79. The summed E-state index contributed by atoms with van der Waals surface area (Å²) in [5.41, 5.74) is 6.99. The number of aromatic nitrogens is 1. The second kappa shape index (κ2) is 9.47. The summed E-state index contributed by atoms with van der Waals surface area (Å²) in [7, 11) is 1.60. The molecule has 0 radical (unpaired) electrons. The Morgan fingerprint density at radius 3 is 2.42 bits per heavy atom. The Morgan fingerprint density at radius 2 is 1.77 bits per heavy atom. The first-order chi connectivity index (χ1) is 15.2. The normalized spacial score (nSPS) is 12.5.